The van der Waals surface area contributed by atoms with Gasteiger partial charge in [-0.3, -0.25) is 0 Å². The van der Waals surface area contributed by atoms with Crippen molar-refractivity contribution in [2.75, 3.05) is 7.11 Å². The van der Waals surface area contributed by atoms with Crippen LogP contribution in [0, 0.1) is 0 Å². The van der Waals surface area contributed by atoms with E-state index in [1.807, 2.05) is 18.2 Å². The molecule has 0 spiro atoms. The van der Waals surface area contributed by atoms with E-state index in [4.69, 9.17) is 4.74 Å². The van der Waals surface area contributed by atoms with Crippen LogP contribution in [0.5, 0.6) is 5.75 Å². The molecule has 0 aromatic heterocycles. The first kappa shape index (κ1) is 9.55. The molecule has 0 bridgehead atoms. The summed E-state index contributed by atoms with van der Waals surface area (Å²) >= 11 is 3.36. The summed E-state index contributed by atoms with van der Waals surface area (Å²) in [5.41, 5.74) is 0.842. The Morgan fingerprint density at radius 1 is 1.50 bits per heavy atom. The van der Waals surface area contributed by atoms with Gasteiger partial charge in [-0.2, -0.15) is 0 Å². The second-order valence-electron chi connectivity index (χ2n) is 2.54. The van der Waals surface area contributed by atoms with Crippen LogP contribution in [0.3, 0.4) is 0 Å². The number of hydrogen-bond donors (Lipinski definition) is 1. The molecule has 1 aromatic rings. The number of hydrogen-bond acceptors (Lipinski definition) is 2. The van der Waals surface area contributed by atoms with Crippen molar-refractivity contribution in [1.29, 1.82) is 0 Å². The molecule has 1 atom stereocenters. The molecule has 0 heterocycles. The van der Waals surface area contributed by atoms with Crippen LogP contribution in [-0.2, 0) is 0 Å². The summed E-state index contributed by atoms with van der Waals surface area (Å²) in [6.07, 6.45) is -0.477. The third-order valence-electron chi connectivity index (χ3n) is 1.66. The van der Waals surface area contributed by atoms with Gasteiger partial charge in [0.15, 0.2) is 0 Å². The van der Waals surface area contributed by atoms with Gasteiger partial charge in [0.05, 0.1) is 17.7 Å². The minimum Gasteiger partial charge on any atom is -0.496 e. The average molecular weight is 231 g/mol. The van der Waals surface area contributed by atoms with E-state index in [1.54, 1.807) is 14.0 Å². The van der Waals surface area contributed by atoms with E-state index < -0.39 is 6.10 Å². The summed E-state index contributed by atoms with van der Waals surface area (Å²) in [6.45, 7) is 1.72. The van der Waals surface area contributed by atoms with Crippen molar-refractivity contribution < 1.29 is 9.84 Å². The van der Waals surface area contributed by atoms with Gasteiger partial charge in [0.2, 0.25) is 0 Å². The molecular weight excluding hydrogens is 220 g/mol. The first-order chi connectivity index (χ1) is 5.66. The zero-order valence-electron chi connectivity index (χ0n) is 7.04. The fraction of sp³-hybridized carbons (Fsp3) is 0.333. The van der Waals surface area contributed by atoms with Crippen LogP contribution in [0.2, 0.25) is 0 Å². The average Bonchev–Trinajstić information content (AvgIpc) is 2.04. The zero-order chi connectivity index (χ0) is 9.14. The second-order valence-corrected chi connectivity index (χ2v) is 3.33. The number of ether oxygens (including phenoxy) is 1. The van der Waals surface area contributed by atoms with Crippen molar-refractivity contribution in [2.45, 2.75) is 13.0 Å². The molecule has 66 valence electrons. The molecule has 0 saturated carbocycles. The molecule has 0 fully saturated rings. The van der Waals surface area contributed by atoms with E-state index in [0.29, 0.717) is 0 Å². The standard InChI is InChI=1S/C9H11BrO2/c1-6(11)7-4-3-5-8(12-2)9(7)10/h3-6,11H,1-2H3/t6-/m1/s1. The highest BCUT2D eigenvalue weighted by Crippen LogP contribution is 2.31. The number of methoxy groups -OCH3 is 1. The van der Waals surface area contributed by atoms with Gasteiger partial charge in [0.1, 0.15) is 5.75 Å². The lowest BCUT2D eigenvalue weighted by molar-refractivity contribution is 0.198. The van der Waals surface area contributed by atoms with Crippen molar-refractivity contribution in [3.8, 4) is 5.75 Å². The molecule has 1 aromatic carbocycles. The Balaban J connectivity index is 3.14. The second kappa shape index (κ2) is 3.92. The Morgan fingerprint density at radius 2 is 2.17 bits per heavy atom. The van der Waals surface area contributed by atoms with Gasteiger partial charge in [-0.05, 0) is 34.5 Å². The number of aliphatic hydroxyl groups is 1. The molecule has 0 aliphatic carbocycles. The SMILES string of the molecule is COc1cccc([C@@H](C)O)c1Br. The van der Waals surface area contributed by atoms with Crippen LogP contribution >= 0.6 is 15.9 Å². The van der Waals surface area contributed by atoms with Crippen molar-refractivity contribution in [3.63, 3.8) is 0 Å². The maximum absolute atomic E-state index is 9.34. The van der Waals surface area contributed by atoms with E-state index in [9.17, 15) is 5.11 Å². The van der Waals surface area contributed by atoms with Crippen LogP contribution in [0.4, 0.5) is 0 Å². The molecule has 3 heteroatoms. The summed E-state index contributed by atoms with van der Waals surface area (Å²) in [5, 5.41) is 9.34. The molecule has 0 radical (unpaired) electrons. The van der Waals surface area contributed by atoms with Crippen molar-refractivity contribution in [2.24, 2.45) is 0 Å². The number of aliphatic hydroxyl groups excluding tert-OH is 1. The van der Waals surface area contributed by atoms with Crippen LogP contribution in [-0.4, -0.2) is 12.2 Å². The Bertz CT molecular complexity index is 271. The Kier molecular flexibility index (Phi) is 3.12. The van der Waals surface area contributed by atoms with Gasteiger partial charge in [-0.1, -0.05) is 12.1 Å². The van der Waals surface area contributed by atoms with Crippen molar-refractivity contribution >= 4 is 15.9 Å². The van der Waals surface area contributed by atoms with Gasteiger partial charge in [-0.25, -0.2) is 0 Å². The molecule has 12 heavy (non-hydrogen) atoms. The fourth-order valence-corrected chi connectivity index (χ4v) is 1.77. The zero-order valence-corrected chi connectivity index (χ0v) is 8.63. The van der Waals surface area contributed by atoms with Gasteiger partial charge >= 0.3 is 0 Å². The predicted molar refractivity (Wildman–Crippen MR) is 51.3 cm³/mol. The van der Waals surface area contributed by atoms with Crippen LogP contribution in [0.1, 0.15) is 18.6 Å². The monoisotopic (exact) mass is 230 g/mol. The van der Waals surface area contributed by atoms with E-state index in [-0.39, 0.29) is 0 Å². The van der Waals surface area contributed by atoms with E-state index >= 15 is 0 Å². The first-order valence-electron chi connectivity index (χ1n) is 3.67. The van der Waals surface area contributed by atoms with E-state index in [1.165, 1.54) is 0 Å². The van der Waals surface area contributed by atoms with E-state index in [0.717, 1.165) is 15.8 Å². The topological polar surface area (TPSA) is 29.5 Å². The Hall–Kier alpha value is -0.540. The molecule has 0 aliphatic rings. The molecule has 1 rings (SSSR count). The predicted octanol–water partition coefficient (Wildman–Crippen LogP) is 2.51. The smallest absolute Gasteiger partial charge is 0.133 e. The van der Waals surface area contributed by atoms with Crippen molar-refractivity contribution in [1.82, 2.24) is 0 Å². The van der Waals surface area contributed by atoms with Gasteiger partial charge in [0.25, 0.3) is 0 Å². The summed E-state index contributed by atoms with van der Waals surface area (Å²) in [4.78, 5) is 0. The summed E-state index contributed by atoms with van der Waals surface area (Å²) in [5.74, 6) is 0.744. The first-order valence-corrected chi connectivity index (χ1v) is 4.46. The highest BCUT2D eigenvalue weighted by atomic mass is 79.9. The molecule has 1 N–H and O–H groups in total. The molecule has 0 unspecified atom stereocenters. The molecule has 0 aliphatic heterocycles. The van der Waals surface area contributed by atoms with Crippen LogP contribution in [0.15, 0.2) is 22.7 Å². The van der Waals surface area contributed by atoms with Gasteiger partial charge in [-0.15, -0.1) is 0 Å². The summed E-state index contributed by atoms with van der Waals surface area (Å²) < 4.78 is 5.90. The van der Waals surface area contributed by atoms with Crippen LogP contribution in [0.25, 0.3) is 0 Å². The van der Waals surface area contributed by atoms with Gasteiger partial charge in [0, 0.05) is 0 Å². The largest absolute Gasteiger partial charge is 0.496 e. The highest BCUT2D eigenvalue weighted by Gasteiger charge is 2.09. The lowest BCUT2D eigenvalue weighted by atomic mass is 10.1. The van der Waals surface area contributed by atoms with Crippen molar-refractivity contribution in [3.05, 3.63) is 28.2 Å². The third kappa shape index (κ3) is 1.79. The third-order valence-corrected chi connectivity index (χ3v) is 2.51. The number of halogens is 1. The molecule has 0 amide bonds. The summed E-state index contributed by atoms with van der Waals surface area (Å²) in [6, 6.07) is 5.55. The summed E-state index contributed by atoms with van der Waals surface area (Å²) in [7, 11) is 1.60. The van der Waals surface area contributed by atoms with Crippen LogP contribution < -0.4 is 4.74 Å². The lowest BCUT2D eigenvalue weighted by Gasteiger charge is -2.10. The Morgan fingerprint density at radius 3 is 2.67 bits per heavy atom. The Labute approximate surface area is 80.3 Å². The molecular formula is C9H11BrO2. The minimum atomic E-state index is -0.477. The quantitative estimate of drug-likeness (QED) is 0.847. The normalized spacial score (nSPS) is 12.7. The highest BCUT2D eigenvalue weighted by molar-refractivity contribution is 9.10. The fourth-order valence-electron chi connectivity index (χ4n) is 1.01. The molecule has 2 nitrogen and oxygen atoms in total. The number of rotatable bonds is 2. The minimum absolute atomic E-state index is 0.477. The lowest BCUT2D eigenvalue weighted by Crippen LogP contribution is -1.94. The number of benzene rings is 1. The maximum atomic E-state index is 9.34. The van der Waals surface area contributed by atoms with Gasteiger partial charge < -0.3 is 9.84 Å². The van der Waals surface area contributed by atoms with E-state index in [2.05, 4.69) is 15.9 Å². The maximum Gasteiger partial charge on any atom is 0.133 e. The molecule has 0 saturated heterocycles.